The molecule has 0 unspecified atom stereocenters. The van der Waals surface area contributed by atoms with Gasteiger partial charge in [-0.2, -0.15) is 0 Å². The summed E-state index contributed by atoms with van der Waals surface area (Å²) in [7, 11) is 1.46. The normalized spacial score (nSPS) is 14.5. The molecule has 2 aromatic carbocycles. The van der Waals surface area contributed by atoms with Crippen LogP contribution >= 0.6 is 0 Å². The Balaban J connectivity index is 1.65. The van der Waals surface area contributed by atoms with Crippen molar-refractivity contribution in [2.24, 2.45) is 0 Å². The van der Waals surface area contributed by atoms with Gasteiger partial charge in [-0.15, -0.1) is 0 Å². The zero-order chi connectivity index (χ0) is 27.6. The van der Waals surface area contributed by atoms with E-state index in [4.69, 9.17) is 4.74 Å². The fourth-order valence-corrected chi connectivity index (χ4v) is 4.80. The Bertz CT molecular complexity index is 1300. The van der Waals surface area contributed by atoms with Crippen molar-refractivity contribution in [2.45, 2.75) is 50.7 Å². The average Bonchev–Trinajstić information content (AvgIpc) is 2.97. The zero-order valence-corrected chi connectivity index (χ0v) is 22.0. The Morgan fingerprint density at radius 3 is 2.41 bits per heavy atom. The smallest absolute Gasteiger partial charge is 0.247 e. The number of rotatable bonds is 10. The van der Waals surface area contributed by atoms with Gasteiger partial charge in [0, 0.05) is 37.1 Å². The van der Waals surface area contributed by atoms with Crippen molar-refractivity contribution in [3.63, 3.8) is 0 Å². The van der Waals surface area contributed by atoms with E-state index in [1.54, 1.807) is 30.6 Å². The molecule has 1 aromatic heterocycles. The van der Waals surface area contributed by atoms with Gasteiger partial charge in [0.15, 0.2) is 5.78 Å². The summed E-state index contributed by atoms with van der Waals surface area (Å²) in [4.78, 5) is 45.8. The fraction of sp³-hybridized carbons (Fsp3) is 0.290. The predicted octanol–water partition coefficient (Wildman–Crippen LogP) is 4.75. The number of nitrogens with one attached hydrogen (secondary N) is 1. The molecular formula is C31H33N3O5. The first kappa shape index (κ1) is 27.6. The number of aromatic nitrogens is 1. The van der Waals surface area contributed by atoms with Crippen LogP contribution in [0.1, 0.15) is 59.6 Å². The highest BCUT2D eigenvalue weighted by Crippen LogP contribution is 2.27. The van der Waals surface area contributed by atoms with Gasteiger partial charge in [0.2, 0.25) is 11.8 Å². The summed E-state index contributed by atoms with van der Waals surface area (Å²) in [5.41, 5.74) is 1.49. The van der Waals surface area contributed by atoms with E-state index in [2.05, 4.69) is 10.3 Å². The summed E-state index contributed by atoms with van der Waals surface area (Å²) < 4.78 is 5.07. The second-order valence-electron chi connectivity index (χ2n) is 9.56. The van der Waals surface area contributed by atoms with Crippen molar-refractivity contribution in [1.29, 1.82) is 0 Å². The van der Waals surface area contributed by atoms with E-state index in [1.807, 2.05) is 30.3 Å². The van der Waals surface area contributed by atoms with Crippen LogP contribution < -0.4 is 10.1 Å². The summed E-state index contributed by atoms with van der Waals surface area (Å²) in [6.45, 7) is 0.150. The number of amides is 2. The molecule has 1 heterocycles. The number of ether oxygens (including phenoxy) is 1. The maximum atomic E-state index is 13.8. The third-order valence-corrected chi connectivity index (χ3v) is 6.86. The molecular weight excluding hydrogens is 494 g/mol. The number of ketones is 1. The lowest BCUT2D eigenvalue weighted by Gasteiger charge is -2.33. The second-order valence-corrected chi connectivity index (χ2v) is 9.56. The molecule has 3 aromatic rings. The highest BCUT2D eigenvalue weighted by molar-refractivity contribution is 6.09. The molecule has 1 aliphatic rings. The monoisotopic (exact) mass is 527 g/mol. The van der Waals surface area contributed by atoms with E-state index in [0.29, 0.717) is 11.3 Å². The largest absolute Gasteiger partial charge is 0.507 e. The summed E-state index contributed by atoms with van der Waals surface area (Å²) in [6, 6.07) is 16.3. The molecule has 1 aliphatic carbocycles. The van der Waals surface area contributed by atoms with Crippen molar-refractivity contribution in [3.05, 3.63) is 102 Å². The third-order valence-electron chi connectivity index (χ3n) is 6.86. The first-order valence-electron chi connectivity index (χ1n) is 13.1. The minimum Gasteiger partial charge on any atom is -0.507 e. The number of benzene rings is 2. The molecule has 0 aliphatic heterocycles. The Morgan fingerprint density at radius 1 is 1.03 bits per heavy atom. The molecule has 8 heteroatoms. The van der Waals surface area contributed by atoms with E-state index < -0.39 is 17.7 Å². The number of carbonyl (C=O) groups is 3. The molecule has 202 valence electrons. The Kier molecular flexibility index (Phi) is 9.45. The SMILES string of the molecule is COc1ccc(C(=O)/C=C/C(=O)N(Cc2ccccc2)[C@H](C(=O)NC2CCCCC2)c2ccncc2)c(O)c1. The van der Waals surface area contributed by atoms with E-state index in [0.717, 1.165) is 49.8 Å². The molecule has 8 nitrogen and oxygen atoms in total. The third kappa shape index (κ3) is 7.31. The molecule has 4 rings (SSSR count). The molecule has 39 heavy (non-hydrogen) atoms. The van der Waals surface area contributed by atoms with Gasteiger partial charge in [-0.25, -0.2) is 0 Å². The van der Waals surface area contributed by atoms with E-state index in [9.17, 15) is 19.5 Å². The molecule has 0 bridgehead atoms. The van der Waals surface area contributed by atoms with Crippen LogP contribution in [0.25, 0.3) is 0 Å². The number of allylic oxidation sites excluding steroid dienone is 1. The van der Waals surface area contributed by atoms with Gasteiger partial charge < -0.3 is 20.1 Å². The first-order chi connectivity index (χ1) is 19.0. The quantitative estimate of drug-likeness (QED) is 0.291. The van der Waals surface area contributed by atoms with Crippen LogP contribution in [0.3, 0.4) is 0 Å². The Hall–Kier alpha value is -4.46. The van der Waals surface area contributed by atoms with Crippen molar-refractivity contribution < 1.29 is 24.2 Å². The van der Waals surface area contributed by atoms with Crippen molar-refractivity contribution in [1.82, 2.24) is 15.2 Å². The first-order valence-corrected chi connectivity index (χ1v) is 13.1. The van der Waals surface area contributed by atoms with Crippen LogP contribution in [0.2, 0.25) is 0 Å². The van der Waals surface area contributed by atoms with Crippen LogP contribution in [0.15, 0.2) is 85.2 Å². The van der Waals surface area contributed by atoms with Gasteiger partial charge in [-0.05, 0) is 54.3 Å². The Labute approximate surface area is 228 Å². The minimum atomic E-state index is -0.934. The highest BCUT2D eigenvalue weighted by atomic mass is 16.5. The van der Waals surface area contributed by atoms with Crippen LogP contribution in [0, 0.1) is 0 Å². The van der Waals surface area contributed by atoms with E-state index >= 15 is 0 Å². The number of pyridine rings is 1. The molecule has 2 N–H and O–H groups in total. The highest BCUT2D eigenvalue weighted by Gasteiger charge is 2.32. The van der Waals surface area contributed by atoms with Gasteiger partial charge in [0.1, 0.15) is 17.5 Å². The van der Waals surface area contributed by atoms with Gasteiger partial charge in [0.05, 0.1) is 12.7 Å². The zero-order valence-electron chi connectivity index (χ0n) is 22.0. The van der Waals surface area contributed by atoms with Crippen molar-refractivity contribution >= 4 is 17.6 Å². The second kappa shape index (κ2) is 13.4. The van der Waals surface area contributed by atoms with Crippen LogP contribution in [-0.4, -0.2) is 45.7 Å². The number of nitrogens with zero attached hydrogens (tertiary/aromatic N) is 2. The number of hydrogen-bond acceptors (Lipinski definition) is 6. The van der Waals surface area contributed by atoms with E-state index in [-0.39, 0.29) is 29.8 Å². The van der Waals surface area contributed by atoms with Crippen LogP contribution in [0.4, 0.5) is 0 Å². The summed E-state index contributed by atoms with van der Waals surface area (Å²) >= 11 is 0. The van der Waals surface area contributed by atoms with Gasteiger partial charge in [-0.1, -0.05) is 49.6 Å². The lowest BCUT2D eigenvalue weighted by atomic mass is 9.94. The van der Waals surface area contributed by atoms with Crippen LogP contribution in [0.5, 0.6) is 11.5 Å². The van der Waals surface area contributed by atoms with Crippen molar-refractivity contribution in [3.8, 4) is 11.5 Å². The standard InChI is InChI=1S/C31H33N3O5/c1-39-25-12-13-26(28(36)20-25)27(35)14-15-29(37)34(21-22-8-4-2-5-9-22)30(23-16-18-32-19-17-23)31(38)33-24-10-6-3-7-11-24/h2,4-5,8-9,12-20,24,30,36H,3,6-7,10-11,21H2,1H3,(H,33,38)/b15-14+/t30-/m0/s1. The molecule has 1 fully saturated rings. The number of methoxy groups -OCH3 is 1. The number of phenolic OH excluding ortho intramolecular Hbond substituents is 1. The van der Waals surface area contributed by atoms with Gasteiger partial charge >= 0.3 is 0 Å². The molecule has 0 spiro atoms. The maximum absolute atomic E-state index is 13.8. The molecule has 0 radical (unpaired) electrons. The molecule has 2 amide bonds. The van der Waals surface area contributed by atoms with Crippen LogP contribution in [-0.2, 0) is 16.1 Å². The van der Waals surface area contributed by atoms with Crippen molar-refractivity contribution in [2.75, 3.05) is 7.11 Å². The summed E-state index contributed by atoms with van der Waals surface area (Å²) in [6.07, 6.45) is 10.5. The average molecular weight is 528 g/mol. The fourth-order valence-electron chi connectivity index (χ4n) is 4.80. The van der Waals surface area contributed by atoms with E-state index in [1.165, 1.54) is 24.1 Å². The molecule has 1 atom stereocenters. The number of hydrogen-bond donors (Lipinski definition) is 2. The predicted molar refractivity (Wildman–Crippen MR) is 147 cm³/mol. The lowest BCUT2D eigenvalue weighted by Crippen LogP contribution is -2.46. The lowest BCUT2D eigenvalue weighted by molar-refractivity contribution is -0.138. The molecule has 1 saturated carbocycles. The van der Waals surface area contributed by atoms with Gasteiger partial charge in [0.25, 0.3) is 0 Å². The minimum absolute atomic E-state index is 0.0372. The Morgan fingerprint density at radius 2 is 1.74 bits per heavy atom. The maximum Gasteiger partial charge on any atom is 0.247 e. The van der Waals surface area contributed by atoms with Gasteiger partial charge in [-0.3, -0.25) is 19.4 Å². The number of carbonyl (C=O) groups excluding carboxylic acids is 3. The molecule has 0 saturated heterocycles. The topological polar surface area (TPSA) is 109 Å². The number of phenols is 1. The summed E-state index contributed by atoms with van der Waals surface area (Å²) in [5.74, 6) is -1.18. The summed E-state index contributed by atoms with van der Waals surface area (Å²) in [5, 5.41) is 13.4. The number of aromatic hydroxyl groups is 1.